The maximum atomic E-state index is 12.8. The van der Waals surface area contributed by atoms with Crippen molar-refractivity contribution in [2.24, 2.45) is 5.73 Å². The van der Waals surface area contributed by atoms with E-state index < -0.39 is 6.03 Å². The number of nitrogens with two attached hydrogens (primary N) is 1. The number of amides is 3. The van der Waals surface area contributed by atoms with Gasteiger partial charge in [-0.2, -0.15) is 0 Å². The molecular formula is C23H25N3O5S. The third-order valence-electron chi connectivity index (χ3n) is 4.74. The van der Waals surface area contributed by atoms with Crippen LogP contribution in [0.25, 0.3) is 10.4 Å². The van der Waals surface area contributed by atoms with E-state index in [1.165, 1.54) is 11.3 Å². The van der Waals surface area contributed by atoms with Crippen LogP contribution in [0.1, 0.15) is 15.9 Å². The van der Waals surface area contributed by atoms with Crippen molar-refractivity contribution < 1.29 is 23.8 Å². The average Bonchev–Trinajstić information content (AvgIpc) is 3.22. The molecule has 0 aliphatic carbocycles. The largest absolute Gasteiger partial charge is 0.497 e. The van der Waals surface area contributed by atoms with Crippen LogP contribution in [-0.2, 0) is 6.42 Å². The van der Waals surface area contributed by atoms with E-state index in [1.807, 2.05) is 42.5 Å². The number of primary amides is 1. The number of urea groups is 1. The van der Waals surface area contributed by atoms with Crippen LogP contribution in [0.3, 0.4) is 0 Å². The van der Waals surface area contributed by atoms with Crippen molar-refractivity contribution >= 4 is 28.3 Å². The maximum absolute atomic E-state index is 12.8. The highest BCUT2D eigenvalue weighted by molar-refractivity contribution is 7.20. The highest BCUT2D eigenvalue weighted by Crippen LogP contribution is 2.36. The van der Waals surface area contributed by atoms with Gasteiger partial charge in [-0.25, -0.2) is 4.79 Å². The molecule has 168 valence electrons. The summed E-state index contributed by atoms with van der Waals surface area (Å²) in [5.41, 5.74) is 7.53. The lowest BCUT2D eigenvalue weighted by molar-refractivity contribution is 0.0955. The molecule has 0 unspecified atom stereocenters. The molecule has 1 heterocycles. The van der Waals surface area contributed by atoms with Gasteiger partial charge in [-0.15, -0.1) is 11.3 Å². The summed E-state index contributed by atoms with van der Waals surface area (Å²) in [7, 11) is 4.75. The number of hydrogen-bond acceptors (Lipinski definition) is 6. The zero-order valence-electron chi connectivity index (χ0n) is 18.1. The van der Waals surface area contributed by atoms with E-state index in [2.05, 4.69) is 10.6 Å². The van der Waals surface area contributed by atoms with Gasteiger partial charge in [0.2, 0.25) is 0 Å². The molecule has 0 spiro atoms. The first kappa shape index (κ1) is 23.0. The number of ether oxygens (including phenoxy) is 3. The predicted molar refractivity (Wildman–Crippen MR) is 125 cm³/mol. The van der Waals surface area contributed by atoms with Gasteiger partial charge in [0.25, 0.3) is 5.91 Å². The van der Waals surface area contributed by atoms with Gasteiger partial charge < -0.3 is 25.3 Å². The lowest BCUT2D eigenvalue weighted by atomic mass is 10.1. The predicted octanol–water partition coefficient (Wildman–Crippen LogP) is 3.90. The Bertz CT molecular complexity index is 1100. The summed E-state index contributed by atoms with van der Waals surface area (Å²) in [4.78, 5) is 25.1. The molecule has 8 nitrogen and oxygen atoms in total. The summed E-state index contributed by atoms with van der Waals surface area (Å²) < 4.78 is 15.7. The van der Waals surface area contributed by atoms with Crippen molar-refractivity contribution in [3.05, 3.63) is 59.7 Å². The first-order chi connectivity index (χ1) is 15.4. The highest BCUT2D eigenvalue weighted by Gasteiger charge is 2.18. The number of hydrogen-bond donors (Lipinski definition) is 3. The van der Waals surface area contributed by atoms with E-state index in [1.54, 1.807) is 27.4 Å². The molecule has 0 atom stereocenters. The van der Waals surface area contributed by atoms with Gasteiger partial charge in [-0.1, -0.05) is 6.07 Å². The fourth-order valence-electron chi connectivity index (χ4n) is 3.11. The van der Waals surface area contributed by atoms with E-state index in [-0.39, 0.29) is 5.91 Å². The second-order valence-electron chi connectivity index (χ2n) is 6.77. The summed E-state index contributed by atoms with van der Waals surface area (Å²) in [6, 6.07) is 14.1. The van der Waals surface area contributed by atoms with Crippen molar-refractivity contribution in [1.82, 2.24) is 5.32 Å². The van der Waals surface area contributed by atoms with Crippen LogP contribution in [-0.4, -0.2) is 39.8 Å². The molecule has 0 saturated carbocycles. The summed E-state index contributed by atoms with van der Waals surface area (Å²) in [6.45, 7) is 0.401. The fraction of sp³-hybridized carbons (Fsp3) is 0.217. The quantitative estimate of drug-likeness (QED) is 0.453. The van der Waals surface area contributed by atoms with Crippen molar-refractivity contribution in [3.63, 3.8) is 0 Å². The molecule has 0 radical (unpaired) electrons. The molecule has 3 amide bonds. The number of anilines is 1. The minimum atomic E-state index is -0.729. The number of methoxy groups -OCH3 is 3. The molecule has 3 rings (SSSR count). The van der Waals surface area contributed by atoms with Crippen molar-refractivity contribution in [1.29, 1.82) is 0 Å². The van der Waals surface area contributed by atoms with E-state index >= 15 is 0 Å². The monoisotopic (exact) mass is 455 g/mol. The van der Waals surface area contributed by atoms with E-state index in [0.29, 0.717) is 35.0 Å². The normalized spacial score (nSPS) is 10.3. The smallest absolute Gasteiger partial charge is 0.317 e. The Hall–Kier alpha value is -3.72. The number of carbonyl (C=O) groups is 2. The Labute approximate surface area is 190 Å². The Morgan fingerprint density at radius 2 is 1.66 bits per heavy atom. The van der Waals surface area contributed by atoms with Crippen LogP contribution in [0.4, 0.5) is 9.80 Å². The fourth-order valence-corrected chi connectivity index (χ4v) is 4.18. The molecule has 0 aliphatic rings. The Morgan fingerprint density at radius 3 is 2.28 bits per heavy atom. The van der Waals surface area contributed by atoms with Crippen LogP contribution in [0.2, 0.25) is 0 Å². The van der Waals surface area contributed by atoms with Crippen LogP contribution in [0, 0.1) is 0 Å². The Kier molecular flexibility index (Phi) is 7.56. The SMILES string of the molecule is COc1ccc(-c2cc(C(=O)NCCc3ccc(OC)c(OC)c3)c(NC(N)=O)s2)cc1. The average molecular weight is 456 g/mol. The molecule has 0 saturated heterocycles. The molecule has 4 N–H and O–H groups in total. The number of carbonyl (C=O) groups excluding carboxylic acids is 2. The Balaban J connectivity index is 1.73. The third-order valence-corrected chi connectivity index (χ3v) is 5.83. The zero-order valence-corrected chi connectivity index (χ0v) is 18.9. The molecule has 1 aromatic heterocycles. The minimum absolute atomic E-state index is 0.301. The van der Waals surface area contributed by atoms with Gasteiger partial charge in [-0.3, -0.25) is 10.1 Å². The van der Waals surface area contributed by atoms with Gasteiger partial charge in [0.1, 0.15) is 10.8 Å². The zero-order chi connectivity index (χ0) is 23.1. The first-order valence-electron chi connectivity index (χ1n) is 9.79. The summed E-state index contributed by atoms with van der Waals surface area (Å²) >= 11 is 1.28. The second kappa shape index (κ2) is 10.5. The number of nitrogens with one attached hydrogen (secondary N) is 2. The van der Waals surface area contributed by atoms with Crippen LogP contribution >= 0.6 is 11.3 Å². The second-order valence-corrected chi connectivity index (χ2v) is 7.82. The van der Waals surface area contributed by atoms with E-state index in [0.717, 1.165) is 21.8 Å². The molecule has 32 heavy (non-hydrogen) atoms. The summed E-state index contributed by atoms with van der Waals surface area (Å²) in [6.07, 6.45) is 0.597. The van der Waals surface area contributed by atoms with Crippen molar-refractivity contribution in [3.8, 4) is 27.7 Å². The van der Waals surface area contributed by atoms with Crippen molar-refractivity contribution in [2.75, 3.05) is 33.2 Å². The highest BCUT2D eigenvalue weighted by atomic mass is 32.1. The van der Waals surface area contributed by atoms with Gasteiger partial charge in [-0.05, 0) is 60.0 Å². The lowest BCUT2D eigenvalue weighted by Gasteiger charge is -2.10. The molecule has 0 bridgehead atoms. The molecule has 0 fully saturated rings. The molecule has 2 aromatic carbocycles. The molecule has 0 aliphatic heterocycles. The van der Waals surface area contributed by atoms with Gasteiger partial charge in [0.05, 0.1) is 26.9 Å². The first-order valence-corrected chi connectivity index (χ1v) is 10.6. The van der Waals surface area contributed by atoms with Gasteiger partial charge in [0.15, 0.2) is 11.5 Å². The lowest BCUT2D eigenvalue weighted by Crippen LogP contribution is -2.27. The summed E-state index contributed by atoms with van der Waals surface area (Å²) in [5.74, 6) is 1.71. The maximum Gasteiger partial charge on any atom is 0.317 e. The van der Waals surface area contributed by atoms with Crippen LogP contribution in [0.5, 0.6) is 17.2 Å². The molecular weight excluding hydrogens is 430 g/mol. The topological polar surface area (TPSA) is 112 Å². The molecule has 3 aromatic rings. The number of rotatable bonds is 9. The van der Waals surface area contributed by atoms with Crippen LogP contribution < -0.4 is 30.6 Å². The van der Waals surface area contributed by atoms with Crippen LogP contribution in [0.15, 0.2) is 48.5 Å². The number of thiophene rings is 1. The third kappa shape index (κ3) is 5.50. The standard InChI is InChI=1S/C23H25N3O5S/c1-29-16-7-5-15(6-8-16)20-13-17(22(32-20)26-23(24)28)21(27)25-11-10-14-4-9-18(30-2)19(12-14)31-3/h4-9,12-13H,10-11H2,1-3H3,(H,25,27)(H3,24,26,28). The van der Waals surface area contributed by atoms with Gasteiger partial charge >= 0.3 is 6.03 Å². The van der Waals surface area contributed by atoms with Crippen molar-refractivity contribution in [2.45, 2.75) is 6.42 Å². The van der Waals surface area contributed by atoms with E-state index in [4.69, 9.17) is 19.9 Å². The molecule has 9 heteroatoms. The Morgan fingerprint density at radius 1 is 0.938 bits per heavy atom. The van der Waals surface area contributed by atoms with Gasteiger partial charge in [0, 0.05) is 11.4 Å². The minimum Gasteiger partial charge on any atom is -0.497 e. The van der Waals surface area contributed by atoms with E-state index in [9.17, 15) is 9.59 Å². The summed E-state index contributed by atoms with van der Waals surface area (Å²) in [5, 5.41) is 5.83. The number of benzene rings is 2.